The van der Waals surface area contributed by atoms with Gasteiger partial charge in [-0.1, -0.05) is 18.2 Å². The predicted molar refractivity (Wildman–Crippen MR) is 120 cm³/mol. The highest BCUT2D eigenvalue weighted by Crippen LogP contribution is 2.46. The van der Waals surface area contributed by atoms with Gasteiger partial charge in [0.25, 0.3) is 0 Å². The molecule has 1 saturated heterocycles. The zero-order valence-electron chi connectivity index (χ0n) is 18.0. The molecule has 2 aliphatic heterocycles. The molecule has 184 valence electrons. The second-order valence-corrected chi connectivity index (χ2v) is 9.06. The van der Waals surface area contributed by atoms with E-state index in [1.54, 1.807) is 36.4 Å². The van der Waals surface area contributed by atoms with Gasteiger partial charge in [-0.15, -0.1) is 11.3 Å². The number of fused-ring (bicyclic) bond motifs is 3. The van der Waals surface area contributed by atoms with Crippen LogP contribution in [0, 0.1) is 0 Å². The average Bonchev–Trinajstić information content (AvgIpc) is 3.39. The van der Waals surface area contributed by atoms with Crippen molar-refractivity contribution >= 4 is 27.4 Å². The third kappa shape index (κ3) is 4.61. The Morgan fingerprint density at radius 1 is 1.06 bits per heavy atom. The molecule has 2 aromatic rings. The van der Waals surface area contributed by atoms with Crippen LogP contribution in [0.25, 0.3) is 10.1 Å². The van der Waals surface area contributed by atoms with E-state index >= 15 is 0 Å². The largest absolute Gasteiger partial charge is 0.461 e. The smallest absolute Gasteiger partial charge is 0.341 e. The van der Waals surface area contributed by atoms with E-state index in [4.69, 9.17) is 19.3 Å². The van der Waals surface area contributed by atoms with Crippen molar-refractivity contribution in [1.82, 2.24) is 0 Å². The molecule has 6 unspecified atom stereocenters. The summed E-state index contributed by atoms with van der Waals surface area (Å²) in [7, 11) is 0. The zero-order chi connectivity index (χ0) is 24.4. The molecule has 1 aromatic heterocycles. The van der Waals surface area contributed by atoms with Crippen LogP contribution in [0.1, 0.15) is 33.3 Å². The summed E-state index contributed by atoms with van der Waals surface area (Å²) in [5.41, 5.74) is 0.642. The molecule has 0 radical (unpaired) electrons. The molecular formula is C23H26O10S. The molecule has 6 N–H and O–H groups in total. The van der Waals surface area contributed by atoms with Crippen molar-refractivity contribution in [1.29, 1.82) is 0 Å². The quantitative estimate of drug-likeness (QED) is 0.222. The van der Waals surface area contributed by atoms with Gasteiger partial charge in [0, 0.05) is 16.2 Å². The highest BCUT2D eigenvalue weighted by atomic mass is 32.1. The van der Waals surface area contributed by atoms with Crippen molar-refractivity contribution < 1.29 is 49.6 Å². The maximum Gasteiger partial charge on any atom is 0.341 e. The monoisotopic (exact) mass is 494 g/mol. The molecule has 2 aliphatic rings. The van der Waals surface area contributed by atoms with Gasteiger partial charge in [-0.3, -0.25) is 0 Å². The number of aliphatic hydroxyl groups excluding tert-OH is 6. The predicted octanol–water partition coefficient (Wildman–Crippen LogP) is 0.279. The molecule has 0 aliphatic carbocycles. The van der Waals surface area contributed by atoms with Crippen molar-refractivity contribution in [3.05, 3.63) is 52.4 Å². The van der Waals surface area contributed by atoms with E-state index in [0.717, 1.165) is 0 Å². The molecule has 0 saturated carbocycles. The lowest BCUT2D eigenvalue weighted by molar-refractivity contribution is -0.277. The first-order chi connectivity index (χ1) is 16.4. The topological polar surface area (TPSA) is 166 Å². The first-order valence-corrected chi connectivity index (χ1v) is 11.5. The summed E-state index contributed by atoms with van der Waals surface area (Å²) in [4.78, 5) is 13.4. The molecule has 4 rings (SSSR count). The number of rotatable bonds is 8. The summed E-state index contributed by atoms with van der Waals surface area (Å²) in [6.45, 7) is -0.823. The number of hydrogen-bond donors (Lipinski definition) is 6. The van der Waals surface area contributed by atoms with E-state index in [9.17, 15) is 30.3 Å². The third-order valence-corrected chi connectivity index (χ3v) is 6.81. The van der Waals surface area contributed by atoms with E-state index < -0.39 is 49.4 Å². The van der Waals surface area contributed by atoms with Crippen LogP contribution < -0.4 is 4.74 Å². The van der Waals surface area contributed by atoms with Gasteiger partial charge in [0.1, 0.15) is 30.2 Å². The van der Waals surface area contributed by atoms with E-state index in [0.29, 0.717) is 26.9 Å². The highest BCUT2D eigenvalue weighted by molar-refractivity contribution is 7.19. The Labute approximate surface area is 198 Å². The Bertz CT molecular complexity index is 1090. The maximum absolute atomic E-state index is 12.8. The molecular weight excluding hydrogens is 468 g/mol. The SMILES string of the molecule is O=C1OC(C=CC=CCCO)c2c(OC3OC(CO)C(O)C(O)C3O)cc3cc(CO)sc3c21. The van der Waals surface area contributed by atoms with Gasteiger partial charge in [-0.2, -0.15) is 0 Å². The number of thiophene rings is 1. The van der Waals surface area contributed by atoms with Gasteiger partial charge in [-0.25, -0.2) is 4.79 Å². The Kier molecular flexibility index (Phi) is 7.65. The molecule has 6 atom stereocenters. The second-order valence-electron chi connectivity index (χ2n) is 7.92. The van der Waals surface area contributed by atoms with E-state index in [-0.39, 0.29) is 24.5 Å². The Morgan fingerprint density at radius 2 is 1.85 bits per heavy atom. The molecule has 10 nitrogen and oxygen atoms in total. The van der Waals surface area contributed by atoms with Crippen molar-refractivity contribution in [2.75, 3.05) is 13.2 Å². The van der Waals surface area contributed by atoms with E-state index in [2.05, 4.69) is 0 Å². The molecule has 0 bridgehead atoms. The fraction of sp³-hybridized carbons (Fsp3) is 0.435. The zero-order valence-corrected chi connectivity index (χ0v) is 18.8. The van der Waals surface area contributed by atoms with Crippen molar-refractivity contribution in [2.24, 2.45) is 0 Å². The van der Waals surface area contributed by atoms with Crippen LogP contribution in [0.2, 0.25) is 0 Å². The van der Waals surface area contributed by atoms with Crippen LogP contribution in [0.4, 0.5) is 0 Å². The first kappa shape index (κ1) is 24.8. The number of allylic oxidation sites excluding steroid dienone is 2. The van der Waals surface area contributed by atoms with Crippen LogP contribution in [-0.2, 0) is 16.1 Å². The van der Waals surface area contributed by atoms with Crippen LogP contribution in [0.15, 0.2) is 36.4 Å². The van der Waals surface area contributed by atoms with E-state index in [1.807, 2.05) is 0 Å². The Hall–Kier alpha value is -2.35. The fourth-order valence-corrected chi connectivity index (χ4v) is 5.00. The number of carbonyl (C=O) groups excluding carboxylic acids is 1. The Morgan fingerprint density at radius 3 is 2.56 bits per heavy atom. The maximum atomic E-state index is 12.8. The van der Waals surface area contributed by atoms with Crippen LogP contribution in [0.5, 0.6) is 5.75 Å². The molecule has 0 amide bonds. The van der Waals surface area contributed by atoms with Gasteiger partial charge in [0.05, 0.1) is 24.3 Å². The average molecular weight is 495 g/mol. The Balaban J connectivity index is 1.75. The molecule has 3 heterocycles. The van der Waals surface area contributed by atoms with Crippen LogP contribution in [-0.4, -0.2) is 80.5 Å². The minimum atomic E-state index is -1.63. The number of benzene rings is 1. The fourth-order valence-electron chi connectivity index (χ4n) is 3.96. The van der Waals surface area contributed by atoms with Crippen LogP contribution >= 0.6 is 11.3 Å². The minimum Gasteiger partial charge on any atom is -0.461 e. The lowest BCUT2D eigenvalue weighted by Crippen LogP contribution is -2.60. The number of cyclic esters (lactones) is 1. The number of aliphatic hydroxyl groups is 6. The molecule has 1 fully saturated rings. The summed E-state index contributed by atoms with van der Waals surface area (Å²) >= 11 is 1.24. The molecule has 0 spiro atoms. The van der Waals surface area contributed by atoms with Gasteiger partial charge in [0.2, 0.25) is 6.29 Å². The van der Waals surface area contributed by atoms with E-state index in [1.165, 1.54) is 11.3 Å². The lowest BCUT2D eigenvalue weighted by atomic mass is 9.98. The first-order valence-electron chi connectivity index (χ1n) is 10.7. The summed E-state index contributed by atoms with van der Waals surface area (Å²) in [5.74, 6) is -0.437. The van der Waals surface area contributed by atoms with Crippen molar-refractivity contribution in [2.45, 2.75) is 49.8 Å². The molecule has 34 heavy (non-hydrogen) atoms. The minimum absolute atomic E-state index is 0.00617. The molecule has 11 heteroatoms. The van der Waals surface area contributed by atoms with Gasteiger partial charge in [0.15, 0.2) is 6.10 Å². The summed E-state index contributed by atoms with van der Waals surface area (Å²) in [5, 5.41) is 59.1. The second kappa shape index (κ2) is 10.5. The number of esters is 1. The van der Waals surface area contributed by atoms with Crippen molar-refractivity contribution in [3.8, 4) is 5.75 Å². The van der Waals surface area contributed by atoms with Crippen LogP contribution in [0.3, 0.4) is 0 Å². The van der Waals surface area contributed by atoms with Gasteiger partial charge >= 0.3 is 5.97 Å². The summed E-state index contributed by atoms with van der Waals surface area (Å²) in [6, 6.07) is 3.32. The van der Waals surface area contributed by atoms with Gasteiger partial charge < -0.3 is 44.8 Å². The highest BCUT2D eigenvalue weighted by Gasteiger charge is 2.46. The normalized spacial score (nSPS) is 29.3. The number of ether oxygens (including phenoxy) is 3. The number of hydrogen-bond acceptors (Lipinski definition) is 11. The number of carbonyl (C=O) groups is 1. The lowest BCUT2D eigenvalue weighted by Gasteiger charge is -2.39. The van der Waals surface area contributed by atoms with Gasteiger partial charge in [-0.05, 0) is 30.0 Å². The summed E-state index contributed by atoms with van der Waals surface area (Å²) < 4.78 is 17.5. The summed E-state index contributed by atoms with van der Waals surface area (Å²) in [6.07, 6.45) is -1.02. The standard InChI is InChI=1S/C23H26O10S/c24-6-4-2-1-3-5-13-16-14(32-23-20(29)19(28)18(27)15(10-26)33-23)8-11-7-12(9-25)34-21(11)17(16)22(30)31-13/h1-3,5,7-8,13,15,18-20,23-29H,4,6,9-10H2. The van der Waals surface area contributed by atoms with Crippen molar-refractivity contribution in [3.63, 3.8) is 0 Å². The third-order valence-electron chi connectivity index (χ3n) is 5.66. The molecule has 1 aromatic carbocycles.